The van der Waals surface area contributed by atoms with E-state index >= 15 is 0 Å². The number of hydrogen-bond donors (Lipinski definition) is 2. The maximum absolute atomic E-state index is 11.4. The lowest BCUT2D eigenvalue weighted by molar-refractivity contribution is 0.239. The smallest absolute Gasteiger partial charge is 0.315 e. The summed E-state index contributed by atoms with van der Waals surface area (Å²) in [5.41, 5.74) is 1.07. The predicted molar refractivity (Wildman–Crippen MR) is 69.3 cm³/mol. The van der Waals surface area contributed by atoms with E-state index in [1.807, 2.05) is 31.2 Å². The SMILES string of the molecule is C=CCNC(=O)N[C@@H](C)c1ccc(Br)cc1. The molecule has 1 rings (SSSR count). The second-order valence-electron chi connectivity index (χ2n) is 3.42. The highest BCUT2D eigenvalue weighted by atomic mass is 79.9. The largest absolute Gasteiger partial charge is 0.335 e. The van der Waals surface area contributed by atoms with Gasteiger partial charge in [-0.2, -0.15) is 0 Å². The number of carbonyl (C=O) groups excluding carboxylic acids is 1. The summed E-state index contributed by atoms with van der Waals surface area (Å²) in [6.07, 6.45) is 1.64. The highest BCUT2D eigenvalue weighted by Crippen LogP contribution is 2.16. The summed E-state index contributed by atoms with van der Waals surface area (Å²) in [5.74, 6) is 0. The van der Waals surface area contributed by atoms with Gasteiger partial charge in [0.05, 0.1) is 6.04 Å². The molecule has 0 saturated heterocycles. The average molecular weight is 283 g/mol. The molecule has 3 nitrogen and oxygen atoms in total. The first kappa shape index (κ1) is 12.8. The molecular weight excluding hydrogens is 268 g/mol. The quantitative estimate of drug-likeness (QED) is 0.819. The number of hydrogen-bond acceptors (Lipinski definition) is 1. The minimum Gasteiger partial charge on any atom is -0.335 e. The Bertz CT molecular complexity index is 362. The van der Waals surface area contributed by atoms with E-state index in [1.54, 1.807) is 6.08 Å². The standard InChI is InChI=1S/C12H15BrN2O/c1-3-8-14-12(16)15-9(2)10-4-6-11(13)7-5-10/h3-7,9H,1,8H2,2H3,(H2,14,15,16)/t9-/m0/s1. The van der Waals surface area contributed by atoms with Gasteiger partial charge in [-0.05, 0) is 24.6 Å². The van der Waals surface area contributed by atoms with Crippen molar-refractivity contribution in [1.82, 2.24) is 10.6 Å². The molecule has 0 unspecified atom stereocenters. The van der Waals surface area contributed by atoms with Gasteiger partial charge in [-0.25, -0.2) is 4.79 Å². The van der Waals surface area contributed by atoms with Crippen molar-refractivity contribution in [3.63, 3.8) is 0 Å². The van der Waals surface area contributed by atoms with Crippen LogP contribution in [0.5, 0.6) is 0 Å². The van der Waals surface area contributed by atoms with Gasteiger partial charge < -0.3 is 10.6 Å². The van der Waals surface area contributed by atoms with Crippen LogP contribution in [0.1, 0.15) is 18.5 Å². The molecule has 0 aliphatic heterocycles. The van der Waals surface area contributed by atoms with Crippen LogP contribution in [0.4, 0.5) is 4.79 Å². The van der Waals surface area contributed by atoms with Crippen molar-refractivity contribution in [2.45, 2.75) is 13.0 Å². The van der Waals surface area contributed by atoms with E-state index in [9.17, 15) is 4.79 Å². The van der Waals surface area contributed by atoms with E-state index in [1.165, 1.54) is 0 Å². The zero-order valence-electron chi connectivity index (χ0n) is 9.16. The normalized spacial score (nSPS) is 11.6. The first-order chi connectivity index (χ1) is 7.63. The monoisotopic (exact) mass is 282 g/mol. The molecule has 0 aliphatic carbocycles. The van der Waals surface area contributed by atoms with E-state index in [4.69, 9.17) is 0 Å². The first-order valence-electron chi connectivity index (χ1n) is 5.04. The molecule has 0 fully saturated rings. The van der Waals surface area contributed by atoms with E-state index in [2.05, 4.69) is 33.1 Å². The molecule has 0 aromatic heterocycles. The van der Waals surface area contributed by atoms with Gasteiger partial charge in [-0.1, -0.05) is 34.1 Å². The van der Waals surface area contributed by atoms with Gasteiger partial charge in [-0.15, -0.1) is 6.58 Å². The van der Waals surface area contributed by atoms with Gasteiger partial charge in [0.2, 0.25) is 0 Å². The molecule has 1 atom stereocenters. The Morgan fingerprint density at radius 2 is 2.12 bits per heavy atom. The number of halogens is 1. The molecule has 1 aromatic rings. The maximum Gasteiger partial charge on any atom is 0.315 e. The van der Waals surface area contributed by atoms with E-state index in [0.29, 0.717) is 6.54 Å². The lowest BCUT2D eigenvalue weighted by Crippen LogP contribution is -2.36. The summed E-state index contributed by atoms with van der Waals surface area (Å²) >= 11 is 3.37. The molecule has 16 heavy (non-hydrogen) atoms. The molecule has 86 valence electrons. The fraction of sp³-hybridized carbons (Fsp3) is 0.250. The molecule has 2 amide bonds. The Morgan fingerprint density at radius 1 is 1.50 bits per heavy atom. The van der Waals surface area contributed by atoms with E-state index in [-0.39, 0.29) is 12.1 Å². The first-order valence-corrected chi connectivity index (χ1v) is 5.83. The molecule has 4 heteroatoms. The number of amides is 2. The van der Waals surface area contributed by atoms with Crippen molar-refractivity contribution in [3.8, 4) is 0 Å². The molecule has 0 spiro atoms. The zero-order valence-corrected chi connectivity index (χ0v) is 10.8. The Kier molecular flexibility index (Phi) is 5.05. The highest BCUT2D eigenvalue weighted by Gasteiger charge is 2.07. The number of benzene rings is 1. The Balaban J connectivity index is 2.51. The van der Waals surface area contributed by atoms with Crippen LogP contribution in [0, 0.1) is 0 Å². The van der Waals surface area contributed by atoms with Crippen LogP contribution in [-0.2, 0) is 0 Å². The third-order valence-corrected chi connectivity index (χ3v) is 2.65. The summed E-state index contributed by atoms with van der Waals surface area (Å²) in [4.78, 5) is 11.4. The molecule has 0 radical (unpaired) electrons. The molecule has 1 aromatic carbocycles. The Hall–Kier alpha value is -1.29. The molecule has 0 aliphatic rings. The van der Waals surface area contributed by atoms with Gasteiger partial charge in [-0.3, -0.25) is 0 Å². The second-order valence-corrected chi connectivity index (χ2v) is 4.33. The van der Waals surface area contributed by atoms with Crippen LogP contribution >= 0.6 is 15.9 Å². The van der Waals surface area contributed by atoms with Crippen LogP contribution in [0.15, 0.2) is 41.4 Å². The lowest BCUT2D eigenvalue weighted by Gasteiger charge is -2.14. The summed E-state index contributed by atoms with van der Waals surface area (Å²) < 4.78 is 1.03. The molecular formula is C12H15BrN2O. The van der Waals surface area contributed by atoms with Crippen LogP contribution in [0.3, 0.4) is 0 Å². The topological polar surface area (TPSA) is 41.1 Å². The van der Waals surface area contributed by atoms with Gasteiger partial charge >= 0.3 is 6.03 Å². The number of rotatable bonds is 4. The van der Waals surface area contributed by atoms with Crippen molar-refractivity contribution in [3.05, 3.63) is 47.0 Å². The van der Waals surface area contributed by atoms with Gasteiger partial charge in [0.1, 0.15) is 0 Å². The number of nitrogens with one attached hydrogen (secondary N) is 2. The maximum atomic E-state index is 11.4. The van der Waals surface area contributed by atoms with Crippen molar-refractivity contribution < 1.29 is 4.79 Å². The zero-order chi connectivity index (χ0) is 12.0. The highest BCUT2D eigenvalue weighted by molar-refractivity contribution is 9.10. The minimum atomic E-state index is -0.185. The summed E-state index contributed by atoms with van der Waals surface area (Å²) in [6.45, 7) is 5.94. The Morgan fingerprint density at radius 3 is 2.69 bits per heavy atom. The number of carbonyl (C=O) groups is 1. The molecule has 0 saturated carbocycles. The molecule has 0 bridgehead atoms. The van der Waals surface area contributed by atoms with Gasteiger partial charge in [0, 0.05) is 11.0 Å². The molecule has 2 N–H and O–H groups in total. The minimum absolute atomic E-state index is 0.0158. The van der Waals surface area contributed by atoms with Crippen molar-refractivity contribution in [1.29, 1.82) is 0 Å². The van der Waals surface area contributed by atoms with Crippen molar-refractivity contribution in [2.24, 2.45) is 0 Å². The van der Waals surface area contributed by atoms with E-state index < -0.39 is 0 Å². The predicted octanol–water partition coefficient (Wildman–Crippen LogP) is 3.00. The Labute approximate surface area is 104 Å². The van der Waals surface area contributed by atoms with Crippen LogP contribution < -0.4 is 10.6 Å². The third kappa shape index (κ3) is 4.06. The summed E-state index contributed by atoms with van der Waals surface area (Å²) in [5, 5.41) is 5.50. The summed E-state index contributed by atoms with van der Waals surface area (Å²) in [6, 6.07) is 7.66. The number of urea groups is 1. The average Bonchev–Trinajstić information content (AvgIpc) is 2.27. The van der Waals surface area contributed by atoms with Gasteiger partial charge in [0.25, 0.3) is 0 Å². The van der Waals surface area contributed by atoms with Crippen LogP contribution in [0.25, 0.3) is 0 Å². The van der Waals surface area contributed by atoms with Gasteiger partial charge in [0.15, 0.2) is 0 Å². The molecule has 0 heterocycles. The van der Waals surface area contributed by atoms with Crippen LogP contribution in [-0.4, -0.2) is 12.6 Å². The summed E-state index contributed by atoms with van der Waals surface area (Å²) in [7, 11) is 0. The fourth-order valence-electron chi connectivity index (χ4n) is 1.25. The fourth-order valence-corrected chi connectivity index (χ4v) is 1.51. The third-order valence-electron chi connectivity index (χ3n) is 2.12. The van der Waals surface area contributed by atoms with Crippen LogP contribution in [0.2, 0.25) is 0 Å². The van der Waals surface area contributed by atoms with E-state index in [0.717, 1.165) is 10.0 Å². The second kappa shape index (κ2) is 6.33. The van der Waals surface area contributed by atoms with Crippen molar-refractivity contribution >= 4 is 22.0 Å². The lowest BCUT2D eigenvalue weighted by atomic mass is 10.1. The van der Waals surface area contributed by atoms with Crippen molar-refractivity contribution in [2.75, 3.05) is 6.54 Å².